The van der Waals surface area contributed by atoms with Crippen molar-refractivity contribution < 1.29 is 9.53 Å². The van der Waals surface area contributed by atoms with Crippen molar-refractivity contribution in [2.45, 2.75) is 33.1 Å². The highest BCUT2D eigenvalue weighted by Crippen LogP contribution is 2.39. The average Bonchev–Trinajstić information content (AvgIpc) is 2.68. The van der Waals surface area contributed by atoms with E-state index in [1.165, 1.54) is 6.42 Å². The summed E-state index contributed by atoms with van der Waals surface area (Å²) >= 11 is 0. The summed E-state index contributed by atoms with van der Waals surface area (Å²) in [5.41, 5.74) is 0.478. The fourth-order valence-electron chi connectivity index (χ4n) is 2.46. The molecular formula is C14H22O2. The van der Waals surface area contributed by atoms with Crippen LogP contribution in [0.4, 0.5) is 0 Å². The number of ether oxygens (including phenoxy) is 1. The van der Waals surface area contributed by atoms with Crippen molar-refractivity contribution in [2.75, 3.05) is 6.61 Å². The molecule has 0 radical (unpaired) electrons. The minimum atomic E-state index is -0.267. The molecule has 0 heterocycles. The highest BCUT2D eigenvalue weighted by Gasteiger charge is 2.32. The van der Waals surface area contributed by atoms with E-state index in [0.29, 0.717) is 29.9 Å². The molecule has 2 nitrogen and oxygen atoms in total. The summed E-state index contributed by atoms with van der Waals surface area (Å²) in [4.78, 5) is 11.3. The van der Waals surface area contributed by atoms with E-state index >= 15 is 0 Å². The minimum absolute atomic E-state index is 0.267. The Bertz CT molecular complexity index is 280. The Kier molecular flexibility index (Phi) is 4.78. The zero-order chi connectivity index (χ0) is 12.1. The first-order valence-corrected chi connectivity index (χ1v) is 6.03. The molecule has 0 bridgehead atoms. The van der Waals surface area contributed by atoms with Crippen LogP contribution in [0.1, 0.15) is 33.1 Å². The molecular weight excluding hydrogens is 200 g/mol. The van der Waals surface area contributed by atoms with Crippen molar-refractivity contribution >= 4 is 5.97 Å². The van der Waals surface area contributed by atoms with Gasteiger partial charge in [-0.15, -0.1) is 6.58 Å². The molecule has 1 saturated carbocycles. The molecule has 0 amide bonds. The highest BCUT2D eigenvalue weighted by molar-refractivity contribution is 5.86. The van der Waals surface area contributed by atoms with E-state index in [4.69, 9.17) is 4.74 Å². The number of rotatable bonds is 5. The van der Waals surface area contributed by atoms with Gasteiger partial charge in [0, 0.05) is 5.57 Å². The van der Waals surface area contributed by atoms with Crippen LogP contribution < -0.4 is 0 Å². The molecule has 0 aliphatic heterocycles. The summed E-state index contributed by atoms with van der Waals surface area (Å²) in [6, 6.07) is 0. The van der Waals surface area contributed by atoms with Crippen LogP contribution >= 0.6 is 0 Å². The van der Waals surface area contributed by atoms with Gasteiger partial charge in [0.1, 0.15) is 0 Å². The maximum absolute atomic E-state index is 11.3. The van der Waals surface area contributed by atoms with Gasteiger partial charge in [-0.25, -0.2) is 4.79 Å². The van der Waals surface area contributed by atoms with Gasteiger partial charge in [-0.05, 0) is 37.5 Å². The van der Waals surface area contributed by atoms with E-state index < -0.39 is 0 Å². The smallest absolute Gasteiger partial charge is 0.333 e. The molecule has 0 saturated heterocycles. The van der Waals surface area contributed by atoms with Gasteiger partial charge in [0.25, 0.3) is 0 Å². The molecule has 90 valence electrons. The predicted octanol–water partition coefficient (Wildman–Crippen LogP) is 3.34. The zero-order valence-electron chi connectivity index (χ0n) is 10.4. The van der Waals surface area contributed by atoms with Crippen LogP contribution in [-0.4, -0.2) is 12.6 Å². The van der Waals surface area contributed by atoms with Crippen LogP contribution in [0.25, 0.3) is 0 Å². The van der Waals surface area contributed by atoms with Gasteiger partial charge in [-0.3, -0.25) is 0 Å². The molecule has 1 aliphatic carbocycles. The summed E-state index contributed by atoms with van der Waals surface area (Å²) in [7, 11) is 0. The van der Waals surface area contributed by atoms with Gasteiger partial charge in [-0.1, -0.05) is 26.0 Å². The molecule has 3 unspecified atom stereocenters. The summed E-state index contributed by atoms with van der Waals surface area (Å²) in [5, 5.41) is 0. The Hall–Kier alpha value is -1.05. The molecule has 1 fully saturated rings. The first-order valence-electron chi connectivity index (χ1n) is 6.03. The van der Waals surface area contributed by atoms with Gasteiger partial charge in [0.2, 0.25) is 0 Å². The van der Waals surface area contributed by atoms with E-state index in [9.17, 15) is 4.79 Å². The molecule has 1 rings (SSSR count). The maximum Gasteiger partial charge on any atom is 0.333 e. The largest absolute Gasteiger partial charge is 0.462 e. The molecule has 1 aliphatic rings. The first kappa shape index (κ1) is 13.0. The lowest BCUT2D eigenvalue weighted by Gasteiger charge is -2.17. The van der Waals surface area contributed by atoms with Crippen LogP contribution in [0.15, 0.2) is 24.8 Å². The lowest BCUT2D eigenvalue weighted by atomic mass is 9.94. The zero-order valence-corrected chi connectivity index (χ0v) is 10.4. The standard InChI is InChI=1S/C14H22O2/c1-5-11-7-12(6-2)13(8-11)9-16-14(15)10(3)4/h5,11-13H,1,3,6-9H2,2,4H3. The van der Waals surface area contributed by atoms with Crippen LogP contribution in [0.3, 0.4) is 0 Å². The summed E-state index contributed by atoms with van der Waals surface area (Å²) < 4.78 is 5.24. The summed E-state index contributed by atoms with van der Waals surface area (Å²) in [6.45, 7) is 11.8. The molecule has 0 aromatic carbocycles. The Labute approximate surface area is 98.4 Å². The third-order valence-corrected chi connectivity index (χ3v) is 3.51. The molecule has 0 spiro atoms. The Morgan fingerprint density at radius 1 is 1.44 bits per heavy atom. The molecule has 0 aromatic rings. The number of carbonyl (C=O) groups is 1. The Morgan fingerprint density at radius 3 is 2.56 bits per heavy atom. The van der Waals surface area contributed by atoms with Gasteiger partial charge >= 0.3 is 5.97 Å². The van der Waals surface area contributed by atoms with Crippen molar-refractivity contribution in [1.29, 1.82) is 0 Å². The minimum Gasteiger partial charge on any atom is -0.462 e. The Balaban J connectivity index is 2.44. The van der Waals surface area contributed by atoms with Crippen LogP contribution in [-0.2, 0) is 9.53 Å². The third kappa shape index (κ3) is 3.22. The quantitative estimate of drug-likeness (QED) is 0.405. The lowest BCUT2D eigenvalue weighted by molar-refractivity contribution is -0.140. The van der Waals surface area contributed by atoms with Crippen molar-refractivity contribution in [1.82, 2.24) is 0 Å². The van der Waals surface area contributed by atoms with Crippen molar-refractivity contribution in [3.63, 3.8) is 0 Å². The summed E-state index contributed by atoms with van der Waals surface area (Å²) in [6.07, 6.45) is 5.48. The number of carbonyl (C=O) groups excluding carboxylic acids is 1. The number of hydrogen-bond acceptors (Lipinski definition) is 2. The van der Waals surface area contributed by atoms with Crippen molar-refractivity contribution in [2.24, 2.45) is 17.8 Å². The number of allylic oxidation sites excluding steroid dienone is 1. The van der Waals surface area contributed by atoms with Gasteiger partial charge in [0.05, 0.1) is 6.61 Å². The van der Waals surface area contributed by atoms with Crippen molar-refractivity contribution in [3.05, 3.63) is 24.8 Å². The fraction of sp³-hybridized carbons (Fsp3) is 0.643. The van der Waals surface area contributed by atoms with Gasteiger partial charge in [-0.2, -0.15) is 0 Å². The maximum atomic E-state index is 11.3. The second-order valence-corrected chi connectivity index (χ2v) is 4.77. The van der Waals surface area contributed by atoms with E-state index in [1.807, 2.05) is 6.08 Å². The second-order valence-electron chi connectivity index (χ2n) is 4.77. The fourth-order valence-corrected chi connectivity index (χ4v) is 2.46. The van der Waals surface area contributed by atoms with Gasteiger partial charge < -0.3 is 4.74 Å². The van der Waals surface area contributed by atoms with Crippen LogP contribution in [0, 0.1) is 17.8 Å². The number of hydrogen-bond donors (Lipinski definition) is 0. The van der Waals surface area contributed by atoms with Crippen molar-refractivity contribution in [3.8, 4) is 0 Å². The molecule has 3 atom stereocenters. The SMILES string of the molecule is C=CC1CC(CC)C(COC(=O)C(=C)C)C1. The lowest BCUT2D eigenvalue weighted by Crippen LogP contribution is -2.17. The Morgan fingerprint density at radius 2 is 2.06 bits per heavy atom. The van der Waals surface area contributed by atoms with Crippen LogP contribution in [0.5, 0.6) is 0 Å². The normalized spacial score (nSPS) is 28.8. The molecule has 0 N–H and O–H groups in total. The predicted molar refractivity (Wildman–Crippen MR) is 66.0 cm³/mol. The topological polar surface area (TPSA) is 26.3 Å². The molecule has 16 heavy (non-hydrogen) atoms. The van der Waals surface area contributed by atoms with E-state index in [1.54, 1.807) is 6.92 Å². The van der Waals surface area contributed by atoms with E-state index in [-0.39, 0.29) is 5.97 Å². The second kappa shape index (κ2) is 5.88. The number of esters is 1. The monoisotopic (exact) mass is 222 g/mol. The first-order chi connectivity index (χ1) is 7.58. The highest BCUT2D eigenvalue weighted by atomic mass is 16.5. The van der Waals surface area contributed by atoms with E-state index in [2.05, 4.69) is 20.1 Å². The van der Waals surface area contributed by atoms with Crippen LogP contribution in [0.2, 0.25) is 0 Å². The van der Waals surface area contributed by atoms with E-state index in [0.717, 1.165) is 12.8 Å². The molecule has 0 aromatic heterocycles. The van der Waals surface area contributed by atoms with Gasteiger partial charge in [0.15, 0.2) is 0 Å². The third-order valence-electron chi connectivity index (χ3n) is 3.51. The average molecular weight is 222 g/mol. The summed E-state index contributed by atoms with van der Waals surface area (Å²) in [5.74, 6) is 1.49. The molecule has 2 heteroatoms.